The van der Waals surface area contributed by atoms with Crippen LogP contribution in [0, 0.1) is 17.0 Å². The first-order chi connectivity index (χ1) is 14.4. The first-order valence-electron chi connectivity index (χ1n) is 8.79. The fourth-order valence-electron chi connectivity index (χ4n) is 2.59. The molecule has 0 aliphatic rings. The Bertz CT molecular complexity index is 1110. The summed E-state index contributed by atoms with van der Waals surface area (Å²) in [5, 5.41) is 17.9. The van der Waals surface area contributed by atoms with E-state index >= 15 is 0 Å². The molecule has 1 heterocycles. The van der Waals surface area contributed by atoms with Crippen LogP contribution in [-0.4, -0.2) is 40.3 Å². The maximum Gasteiger partial charge on any atom is 0.343 e. The molecule has 1 amide bonds. The van der Waals surface area contributed by atoms with Crippen molar-refractivity contribution in [1.29, 1.82) is 0 Å². The van der Waals surface area contributed by atoms with E-state index in [1.54, 1.807) is 43.5 Å². The molecular weight excluding hydrogens is 392 g/mol. The number of aromatic nitrogens is 2. The van der Waals surface area contributed by atoms with Gasteiger partial charge in [-0.05, 0) is 42.8 Å². The number of carbonyl (C=O) groups excluding carboxylic acids is 2. The summed E-state index contributed by atoms with van der Waals surface area (Å²) in [5.74, 6) is -0.472. The highest BCUT2D eigenvalue weighted by atomic mass is 16.6. The number of hydrogen-bond acceptors (Lipinski definition) is 7. The van der Waals surface area contributed by atoms with Crippen LogP contribution >= 0.6 is 0 Å². The molecule has 30 heavy (non-hydrogen) atoms. The highest BCUT2D eigenvalue weighted by Crippen LogP contribution is 2.22. The van der Waals surface area contributed by atoms with Crippen LogP contribution in [0.5, 0.6) is 5.75 Å². The molecule has 0 fully saturated rings. The summed E-state index contributed by atoms with van der Waals surface area (Å²) >= 11 is 0. The summed E-state index contributed by atoms with van der Waals surface area (Å²) in [6.07, 6.45) is 1.55. The number of amides is 1. The van der Waals surface area contributed by atoms with Gasteiger partial charge in [-0.2, -0.15) is 5.10 Å². The van der Waals surface area contributed by atoms with Crippen LogP contribution in [0.3, 0.4) is 0 Å². The molecule has 1 N–H and O–H groups in total. The van der Waals surface area contributed by atoms with Gasteiger partial charge < -0.3 is 14.8 Å². The summed E-state index contributed by atoms with van der Waals surface area (Å²) in [4.78, 5) is 34.1. The molecular formula is C20H18N4O6. The maximum atomic E-state index is 12.5. The van der Waals surface area contributed by atoms with E-state index < -0.39 is 16.8 Å². The third kappa shape index (κ3) is 4.79. The van der Waals surface area contributed by atoms with Gasteiger partial charge in [-0.3, -0.25) is 14.9 Å². The highest BCUT2D eigenvalue weighted by Gasteiger charge is 2.14. The lowest BCUT2D eigenvalue weighted by Crippen LogP contribution is -2.15. The third-order valence-electron chi connectivity index (χ3n) is 4.16. The first kappa shape index (κ1) is 20.5. The van der Waals surface area contributed by atoms with E-state index in [4.69, 9.17) is 4.74 Å². The number of hydrogen-bond donors (Lipinski definition) is 1. The number of nitrogens with one attached hydrogen (secondary N) is 1. The van der Waals surface area contributed by atoms with Crippen LogP contribution < -0.4 is 10.1 Å². The van der Waals surface area contributed by atoms with Crippen molar-refractivity contribution in [3.63, 3.8) is 0 Å². The zero-order chi connectivity index (χ0) is 21.7. The number of methoxy groups -OCH3 is 1. The second-order valence-corrected chi connectivity index (χ2v) is 6.22. The zero-order valence-electron chi connectivity index (χ0n) is 16.2. The molecule has 0 unspecified atom stereocenters. The van der Waals surface area contributed by atoms with Crippen LogP contribution in [0.1, 0.15) is 16.1 Å². The molecule has 0 atom stereocenters. The number of esters is 1. The standard InChI is InChI=1S/C20H18N4O6/c1-13-10-16(30-12-19(25)29-2)6-7-17(13)21-20(26)18-8-9-23(22-18)14-4-3-5-15(11-14)24(27)28/h3-11H,12H2,1-2H3,(H,21,26). The second kappa shape index (κ2) is 8.86. The van der Waals surface area contributed by atoms with Crippen molar-refractivity contribution in [3.05, 3.63) is 76.1 Å². The number of non-ortho nitro benzene ring substituents is 1. The molecule has 1 aromatic heterocycles. The molecule has 0 aliphatic heterocycles. The van der Waals surface area contributed by atoms with Gasteiger partial charge in [0.05, 0.1) is 17.7 Å². The third-order valence-corrected chi connectivity index (χ3v) is 4.16. The number of nitro groups is 1. The van der Waals surface area contributed by atoms with E-state index in [0.717, 1.165) is 5.56 Å². The molecule has 3 aromatic rings. The molecule has 10 nitrogen and oxygen atoms in total. The van der Waals surface area contributed by atoms with Crippen LogP contribution in [0.2, 0.25) is 0 Å². The van der Waals surface area contributed by atoms with Crippen molar-refractivity contribution >= 4 is 23.3 Å². The fraction of sp³-hybridized carbons (Fsp3) is 0.150. The number of nitro benzene ring substituents is 1. The highest BCUT2D eigenvalue weighted by molar-refractivity contribution is 6.03. The van der Waals surface area contributed by atoms with Crippen molar-refractivity contribution in [3.8, 4) is 11.4 Å². The summed E-state index contributed by atoms with van der Waals surface area (Å²) in [5.41, 5.74) is 1.82. The Morgan fingerprint density at radius 2 is 2.00 bits per heavy atom. The van der Waals surface area contributed by atoms with E-state index in [-0.39, 0.29) is 18.0 Å². The minimum Gasteiger partial charge on any atom is -0.482 e. The van der Waals surface area contributed by atoms with Gasteiger partial charge in [-0.25, -0.2) is 9.48 Å². The van der Waals surface area contributed by atoms with Gasteiger partial charge in [0.25, 0.3) is 11.6 Å². The van der Waals surface area contributed by atoms with Crippen molar-refractivity contribution < 1.29 is 24.0 Å². The molecule has 3 rings (SSSR count). The average Bonchev–Trinajstić information content (AvgIpc) is 3.24. The minimum atomic E-state index is -0.498. The summed E-state index contributed by atoms with van der Waals surface area (Å²) in [7, 11) is 1.27. The predicted molar refractivity (Wildman–Crippen MR) is 107 cm³/mol. The number of rotatable bonds is 7. The lowest BCUT2D eigenvalue weighted by atomic mass is 10.2. The molecule has 0 bridgehead atoms. The molecule has 2 aromatic carbocycles. The zero-order valence-corrected chi connectivity index (χ0v) is 16.2. The minimum absolute atomic E-state index is 0.0702. The largest absolute Gasteiger partial charge is 0.482 e. The van der Waals surface area contributed by atoms with Gasteiger partial charge in [0, 0.05) is 24.0 Å². The van der Waals surface area contributed by atoms with Gasteiger partial charge in [-0.15, -0.1) is 0 Å². The summed E-state index contributed by atoms with van der Waals surface area (Å²) in [6.45, 7) is 1.57. The molecule has 0 radical (unpaired) electrons. The Hall–Kier alpha value is -4.21. The molecule has 0 saturated heterocycles. The number of ether oxygens (including phenoxy) is 2. The lowest BCUT2D eigenvalue weighted by Gasteiger charge is -2.10. The van der Waals surface area contributed by atoms with Gasteiger partial charge in [0.1, 0.15) is 5.75 Å². The first-order valence-corrected chi connectivity index (χ1v) is 8.79. The Morgan fingerprint density at radius 1 is 1.20 bits per heavy atom. The SMILES string of the molecule is COC(=O)COc1ccc(NC(=O)c2ccn(-c3cccc([N+](=O)[O-])c3)n2)c(C)c1. The monoisotopic (exact) mass is 410 g/mol. The topological polar surface area (TPSA) is 126 Å². The number of carbonyl (C=O) groups is 2. The number of benzene rings is 2. The van der Waals surface area contributed by atoms with Gasteiger partial charge in [-0.1, -0.05) is 6.07 Å². The van der Waals surface area contributed by atoms with Crippen LogP contribution in [0.4, 0.5) is 11.4 Å². The molecule has 0 saturated carbocycles. The van der Waals surface area contributed by atoms with E-state index in [1.165, 1.54) is 30.0 Å². The van der Waals surface area contributed by atoms with Gasteiger partial charge in [0.15, 0.2) is 12.3 Å². The van der Waals surface area contributed by atoms with Crippen LogP contribution in [-0.2, 0) is 9.53 Å². The normalized spacial score (nSPS) is 10.3. The Kier molecular flexibility index (Phi) is 6.06. The Morgan fingerprint density at radius 3 is 2.70 bits per heavy atom. The smallest absolute Gasteiger partial charge is 0.343 e. The van der Waals surface area contributed by atoms with E-state index in [9.17, 15) is 19.7 Å². The molecule has 154 valence electrons. The van der Waals surface area contributed by atoms with Gasteiger partial charge >= 0.3 is 5.97 Å². The second-order valence-electron chi connectivity index (χ2n) is 6.22. The molecule has 10 heteroatoms. The quantitative estimate of drug-likeness (QED) is 0.360. The van der Waals surface area contributed by atoms with E-state index in [1.807, 2.05) is 0 Å². The Balaban J connectivity index is 1.70. The van der Waals surface area contributed by atoms with Crippen molar-refractivity contribution in [2.75, 3.05) is 19.0 Å². The Labute approximate surface area is 171 Å². The van der Waals surface area contributed by atoms with E-state index in [2.05, 4.69) is 15.2 Å². The molecule has 0 spiro atoms. The summed E-state index contributed by atoms with van der Waals surface area (Å²) in [6, 6.07) is 12.4. The average molecular weight is 410 g/mol. The number of nitrogens with zero attached hydrogens (tertiary/aromatic N) is 3. The van der Waals surface area contributed by atoms with Crippen molar-refractivity contribution in [2.45, 2.75) is 6.92 Å². The van der Waals surface area contributed by atoms with E-state index in [0.29, 0.717) is 17.1 Å². The van der Waals surface area contributed by atoms with Crippen molar-refractivity contribution in [2.24, 2.45) is 0 Å². The van der Waals surface area contributed by atoms with Crippen LogP contribution in [0.25, 0.3) is 5.69 Å². The number of aryl methyl sites for hydroxylation is 1. The lowest BCUT2D eigenvalue weighted by molar-refractivity contribution is -0.384. The fourth-order valence-corrected chi connectivity index (χ4v) is 2.59. The van der Waals surface area contributed by atoms with Gasteiger partial charge in [0.2, 0.25) is 0 Å². The number of anilines is 1. The summed E-state index contributed by atoms with van der Waals surface area (Å²) < 4.78 is 11.2. The predicted octanol–water partition coefficient (Wildman–Crippen LogP) is 2.89. The maximum absolute atomic E-state index is 12.5. The molecule has 0 aliphatic carbocycles. The van der Waals surface area contributed by atoms with Crippen molar-refractivity contribution in [1.82, 2.24) is 9.78 Å². The van der Waals surface area contributed by atoms with Crippen LogP contribution in [0.15, 0.2) is 54.7 Å².